The van der Waals surface area contributed by atoms with Crippen molar-refractivity contribution in [1.29, 1.82) is 0 Å². The maximum atomic E-state index is 6.94. The molecule has 0 saturated carbocycles. The number of thiophene rings is 1. The first-order valence-corrected chi connectivity index (χ1v) is 23.3. The number of nitrogens with zero attached hydrogens (tertiary/aromatic N) is 4. The molecule has 0 aliphatic carbocycles. The summed E-state index contributed by atoms with van der Waals surface area (Å²) in [5.74, 6) is 1.81. The van der Waals surface area contributed by atoms with E-state index < -0.39 is 0 Å². The molecule has 67 heavy (non-hydrogen) atoms. The van der Waals surface area contributed by atoms with Gasteiger partial charge in [-0.3, -0.25) is 0 Å². The Balaban J connectivity index is 1.02. The third-order valence-corrected chi connectivity index (χ3v) is 14.4. The molecular weight excluding hydrogens is 837 g/mol. The highest BCUT2D eigenvalue weighted by Crippen LogP contribution is 2.45. The fourth-order valence-electron chi connectivity index (χ4n) is 10.1. The van der Waals surface area contributed by atoms with Crippen LogP contribution in [0.15, 0.2) is 223 Å². The molecule has 0 saturated heterocycles. The van der Waals surface area contributed by atoms with Gasteiger partial charge in [0.15, 0.2) is 17.5 Å². The van der Waals surface area contributed by atoms with Crippen LogP contribution in [0.5, 0.6) is 0 Å². The Morgan fingerprint density at radius 2 is 0.940 bits per heavy atom. The van der Waals surface area contributed by atoms with E-state index in [-0.39, 0.29) is 0 Å². The van der Waals surface area contributed by atoms with Crippen LogP contribution < -0.4 is 0 Å². The van der Waals surface area contributed by atoms with Gasteiger partial charge in [0.05, 0.1) is 16.7 Å². The average molecular weight is 873 g/mol. The SMILES string of the molecule is c1ccc(-c2ccc(-c3nc(-c4cccc5oc6cc(-n7c8ccccc8c8cc9ccccc9cc87)c(-c7ccccc7)cc6c45)nc(-c4cccc5sc6ccccc6c45)n3)cc2)cc1. The van der Waals surface area contributed by atoms with Crippen LogP contribution in [0.2, 0.25) is 0 Å². The standard InChI is InChI=1S/C61H36N4OS/c1-3-15-37(16-4-1)38-29-31-40(32-30-38)59-62-60(64-61(63-59)46-24-14-28-56-58(46)44-22-10-12-27-55(44)67-56)45-23-13-26-53-57(45)49-35-47(39-17-5-2-6-18-39)52(36-54(49)66-53)65-50-25-11-9-21-43(50)48-33-41-19-7-8-20-42(41)34-51(48)65/h1-36H. The molecule has 0 spiro atoms. The molecule has 14 rings (SSSR count). The third kappa shape index (κ3) is 6.04. The zero-order chi connectivity index (χ0) is 44.0. The largest absolute Gasteiger partial charge is 0.456 e. The van der Waals surface area contributed by atoms with E-state index in [0.717, 1.165) is 83.0 Å². The minimum atomic E-state index is 0.580. The molecule has 0 fully saturated rings. The lowest BCUT2D eigenvalue weighted by molar-refractivity contribution is 0.668. The first kappa shape index (κ1) is 37.6. The first-order chi connectivity index (χ1) is 33.2. The topological polar surface area (TPSA) is 56.7 Å². The van der Waals surface area contributed by atoms with Gasteiger partial charge in [-0.05, 0) is 69.9 Å². The van der Waals surface area contributed by atoms with Gasteiger partial charge >= 0.3 is 0 Å². The second-order valence-electron chi connectivity index (χ2n) is 17.1. The van der Waals surface area contributed by atoms with Crippen LogP contribution in [0, 0.1) is 0 Å². The van der Waals surface area contributed by atoms with Gasteiger partial charge in [-0.2, -0.15) is 0 Å². The molecule has 4 heterocycles. The predicted molar refractivity (Wildman–Crippen MR) is 279 cm³/mol. The van der Waals surface area contributed by atoms with Crippen molar-refractivity contribution in [2.24, 2.45) is 0 Å². The number of fused-ring (bicyclic) bond motifs is 10. The summed E-state index contributed by atoms with van der Waals surface area (Å²) in [6, 6.07) is 77.4. The molecule has 312 valence electrons. The summed E-state index contributed by atoms with van der Waals surface area (Å²) < 4.78 is 11.8. The van der Waals surface area contributed by atoms with E-state index >= 15 is 0 Å². The molecule has 10 aromatic carbocycles. The molecule has 0 unspecified atom stereocenters. The molecule has 0 aliphatic heterocycles. The van der Waals surface area contributed by atoms with Gasteiger partial charge in [-0.1, -0.05) is 170 Å². The summed E-state index contributed by atoms with van der Waals surface area (Å²) >= 11 is 1.79. The van der Waals surface area contributed by atoms with E-state index in [9.17, 15) is 0 Å². The molecule has 0 radical (unpaired) electrons. The Bertz CT molecular complexity index is 4260. The van der Waals surface area contributed by atoms with Gasteiger partial charge < -0.3 is 8.98 Å². The number of hydrogen-bond donors (Lipinski definition) is 0. The number of benzene rings is 10. The lowest BCUT2D eigenvalue weighted by atomic mass is 9.98. The number of aromatic nitrogens is 4. The molecule has 6 heteroatoms. The highest BCUT2D eigenvalue weighted by atomic mass is 32.1. The van der Waals surface area contributed by atoms with E-state index in [1.165, 1.54) is 36.3 Å². The molecule has 0 atom stereocenters. The summed E-state index contributed by atoms with van der Waals surface area (Å²) in [5.41, 5.74) is 12.1. The van der Waals surface area contributed by atoms with Crippen molar-refractivity contribution >= 4 is 86.0 Å². The molecule has 4 aromatic heterocycles. The van der Waals surface area contributed by atoms with Crippen molar-refractivity contribution in [3.8, 4) is 62.1 Å². The number of rotatable bonds is 6. The van der Waals surface area contributed by atoms with Gasteiger partial charge in [0.2, 0.25) is 0 Å². The quantitative estimate of drug-likeness (QED) is 0.167. The Hall–Kier alpha value is -8.71. The maximum Gasteiger partial charge on any atom is 0.164 e. The van der Waals surface area contributed by atoms with Crippen molar-refractivity contribution in [3.63, 3.8) is 0 Å². The van der Waals surface area contributed by atoms with E-state index in [0.29, 0.717) is 17.5 Å². The van der Waals surface area contributed by atoms with Gasteiger partial charge in [-0.15, -0.1) is 11.3 Å². The van der Waals surface area contributed by atoms with Crippen molar-refractivity contribution in [2.75, 3.05) is 0 Å². The maximum absolute atomic E-state index is 6.94. The van der Waals surface area contributed by atoms with Crippen LogP contribution in [0.3, 0.4) is 0 Å². The van der Waals surface area contributed by atoms with Crippen molar-refractivity contribution in [2.45, 2.75) is 0 Å². The third-order valence-electron chi connectivity index (χ3n) is 13.2. The molecule has 0 amide bonds. The van der Waals surface area contributed by atoms with Gasteiger partial charge in [0.1, 0.15) is 11.2 Å². The van der Waals surface area contributed by atoms with E-state index in [4.69, 9.17) is 19.4 Å². The first-order valence-electron chi connectivity index (χ1n) is 22.5. The van der Waals surface area contributed by atoms with E-state index in [2.05, 4.69) is 211 Å². The van der Waals surface area contributed by atoms with Crippen LogP contribution in [0.25, 0.3) is 137 Å². The van der Waals surface area contributed by atoms with Crippen molar-refractivity contribution in [1.82, 2.24) is 19.5 Å². The smallest absolute Gasteiger partial charge is 0.164 e. The van der Waals surface area contributed by atoms with Crippen LogP contribution in [0.1, 0.15) is 0 Å². The van der Waals surface area contributed by atoms with Crippen LogP contribution in [0.4, 0.5) is 0 Å². The number of hydrogen-bond acceptors (Lipinski definition) is 5. The fraction of sp³-hybridized carbons (Fsp3) is 0. The lowest BCUT2D eigenvalue weighted by Gasteiger charge is -2.15. The van der Waals surface area contributed by atoms with E-state index in [1.807, 2.05) is 12.1 Å². The monoisotopic (exact) mass is 872 g/mol. The summed E-state index contributed by atoms with van der Waals surface area (Å²) in [5, 5.41) is 9.11. The number of furan rings is 1. The highest BCUT2D eigenvalue weighted by molar-refractivity contribution is 7.25. The second-order valence-corrected chi connectivity index (χ2v) is 18.2. The zero-order valence-corrected chi connectivity index (χ0v) is 36.7. The molecule has 0 N–H and O–H groups in total. The van der Waals surface area contributed by atoms with E-state index in [1.54, 1.807) is 11.3 Å². The normalized spacial score (nSPS) is 11.9. The second kappa shape index (κ2) is 14.9. The molecule has 5 nitrogen and oxygen atoms in total. The Kier molecular flexibility index (Phi) is 8.38. The molecule has 0 aliphatic rings. The molecular formula is C61H36N4OS. The Labute approximate surface area is 388 Å². The van der Waals surface area contributed by atoms with Gasteiger partial charge in [-0.25, -0.2) is 15.0 Å². The predicted octanol–water partition coefficient (Wildman–Crippen LogP) is 16.7. The van der Waals surface area contributed by atoms with Crippen molar-refractivity contribution < 1.29 is 4.42 Å². The van der Waals surface area contributed by atoms with Gasteiger partial charge in [0.25, 0.3) is 0 Å². The van der Waals surface area contributed by atoms with Gasteiger partial charge in [0, 0.05) is 70.0 Å². The zero-order valence-electron chi connectivity index (χ0n) is 35.9. The lowest BCUT2D eigenvalue weighted by Crippen LogP contribution is -2.01. The minimum Gasteiger partial charge on any atom is -0.456 e. The van der Waals surface area contributed by atoms with Crippen LogP contribution in [-0.2, 0) is 0 Å². The highest BCUT2D eigenvalue weighted by Gasteiger charge is 2.23. The minimum absolute atomic E-state index is 0.580. The molecule has 0 bridgehead atoms. The molecule has 14 aromatic rings. The summed E-state index contributed by atoms with van der Waals surface area (Å²) in [7, 11) is 0. The number of para-hydroxylation sites is 1. The van der Waals surface area contributed by atoms with Crippen molar-refractivity contribution in [3.05, 3.63) is 218 Å². The average Bonchev–Trinajstić information content (AvgIpc) is 4.07. The Morgan fingerprint density at radius 1 is 0.343 bits per heavy atom. The Morgan fingerprint density at radius 3 is 1.73 bits per heavy atom. The fourth-order valence-corrected chi connectivity index (χ4v) is 11.3. The summed E-state index contributed by atoms with van der Waals surface area (Å²) in [4.78, 5) is 16.0. The van der Waals surface area contributed by atoms with Crippen LogP contribution in [-0.4, -0.2) is 19.5 Å². The van der Waals surface area contributed by atoms with Crippen LogP contribution >= 0.6 is 11.3 Å². The summed E-state index contributed by atoms with van der Waals surface area (Å²) in [6.45, 7) is 0. The summed E-state index contributed by atoms with van der Waals surface area (Å²) in [6.07, 6.45) is 0.